The van der Waals surface area contributed by atoms with Crippen molar-refractivity contribution in [2.45, 2.75) is 77.5 Å². The Balaban J connectivity index is 1.83. The number of amides is 1. The fraction of sp³-hybridized carbons (Fsp3) is 0.750. The number of rotatable bonds is 10. The van der Waals surface area contributed by atoms with E-state index in [0.717, 1.165) is 45.2 Å². The summed E-state index contributed by atoms with van der Waals surface area (Å²) < 4.78 is 0. The lowest BCUT2D eigenvalue weighted by molar-refractivity contribution is -0.127. The molecule has 5 unspecified atom stereocenters. The fourth-order valence-corrected chi connectivity index (χ4v) is 5.37. The van der Waals surface area contributed by atoms with Crippen molar-refractivity contribution in [2.75, 3.05) is 13.1 Å². The molecule has 1 aliphatic carbocycles. The van der Waals surface area contributed by atoms with Gasteiger partial charge in [0, 0.05) is 23.9 Å². The SMILES string of the molecule is C=CC(=O)NC1CC(C(C)CCC(C)N2CCC(C(=O)C=C)CC2)C1C(C)(C)O. The van der Waals surface area contributed by atoms with Gasteiger partial charge in [-0.3, -0.25) is 9.59 Å². The molecule has 1 saturated heterocycles. The molecule has 0 aromatic heterocycles. The zero-order valence-electron chi connectivity index (χ0n) is 18.7. The van der Waals surface area contributed by atoms with Crippen LogP contribution in [0.2, 0.25) is 0 Å². The molecule has 0 aromatic carbocycles. The van der Waals surface area contributed by atoms with Crippen LogP contribution in [0.25, 0.3) is 0 Å². The Labute approximate surface area is 176 Å². The molecule has 164 valence electrons. The van der Waals surface area contributed by atoms with Crippen LogP contribution in [-0.2, 0) is 9.59 Å². The Morgan fingerprint density at radius 1 is 1.17 bits per heavy atom. The zero-order chi connectivity index (χ0) is 21.8. The van der Waals surface area contributed by atoms with E-state index in [2.05, 4.69) is 37.2 Å². The molecule has 5 atom stereocenters. The summed E-state index contributed by atoms with van der Waals surface area (Å²) in [6, 6.07) is 0.515. The summed E-state index contributed by atoms with van der Waals surface area (Å²) in [5.74, 6) is 1.14. The van der Waals surface area contributed by atoms with Gasteiger partial charge in [0.25, 0.3) is 0 Å². The molecule has 2 aliphatic rings. The van der Waals surface area contributed by atoms with Crippen LogP contribution in [0.15, 0.2) is 25.3 Å². The highest BCUT2D eigenvalue weighted by molar-refractivity contribution is 5.91. The number of allylic oxidation sites excluding steroid dienone is 1. The second-order valence-electron chi connectivity index (χ2n) is 9.72. The minimum Gasteiger partial charge on any atom is -0.390 e. The number of carbonyl (C=O) groups excluding carboxylic acids is 2. The molecule has 2 fully saturated rings. The first-order chi connectivity index (χ1) is 13.6. The third-order valence-electron chi connectivity index (χ3n) is 7.28. The molecule has 2 rings (SSSR count). The number of piperidine rings is 1. The van der Waals surface area contributed by atoms with Gasteiger partial charge in [0.2, 0.25) is 5.91 Å². The van der Waals surface area contributed by atoms with Gasteiger partial charge < -0.3 is 15.3 Å². The number of nitrogens with one attached hydrogen (secondary N) is 1. The minimum atomic E-state index is -0.818. The predicted molar refractivity (Wildman–Crippen MR) is 117 cm³/mol. The van der Waals surface area contributed by atoms with Gasteiger partial charge in [-0.2, -0.15) is 0 Å². The fourth-order valence-electron chi connectivity index (χ4n) is 5.37. The number of aliphatic hydroxyl groups is 1. The Morgan fingerprint density at radius 2 is 1.79 bits per heavy atom. The van der Waals surface area contributed by atoms with E-state index in [0.29, 0.717) is 17.9 Å². The Kier molecular flexibility index (Phi) is 8.24. The van der Waals surface area contributed by atoms with Gasteiger partial charge in [-0.15, -0.1) is 0 Å². The van der Waals surface area contributed by atoms with Crippen molar-refractivity contribution in [3.05, 3.63) is 25.3 Å². The van der Waals surface area contributed by atoms with Gasteiger partial charge in [-0.05, 0) is 90.0 Å². The van der Waals surface area contributed by atoms with Gasteiger partial charge >= 0.3 is 0 Å². The molecule has 0 bridgehead atoms. The van der Waals surface area contributed by atoms with Crippen molar-refractivity contribution >= 4 is 11.7 Å². The molecule has 0 radical (unpaired) electrons. The lowest BCUT2D eigenvalue weighted by Gasteiger charge is -2.53. The molecular formula is C24H40N2O3. The van der Waals surface area contributed by atoms with Crippen molar-refractivity contribution in [3.8, 4) is 0 Å². The van der Waals surface area contributed by atoms with E-state index in [1.807, 2.05) is 13.8 Å². The Bertz CT molecular complexity index is 602. The van der Waals surface area contributed by atoms with E-state index < -0.39 is 5.60 Å². The zero-order valence-corrected chi connectivity index (χ0v) is 18.7. The van der Waals surface area contributed by atoms with E-state index in [1.54, 1.807) is 0 Å². The second kappa shape index (κ2) is 10.0. The number of ketones is 1. The Hall–Kier alpha value is -1.46. The molecule has 0 aromatic rings. The van der Waals surface area contributed by atoms with E-state index in [1.165, 1.54) is 12.2 Å². The number of likely N-dealkylation sites (tertiary alicyclic amines) is 1. The topological polar surface area (TPSA) is 69.6 Å². The summed E-state index contributed by atoms with van der Waals surface area (Å²) in [6.07, 6.45) is 7.75. The van der Waals surface area contributed by atoms with Crippen molar-refractivity contribution in [3.63, 3.8) is 0 Å². The second-order valence-corrected chi connectivity index (χ2v) is 9.72. The number of carbonyl (C=O) groups is 2. The van der Waals surface area contributed by atoms with Crippen LogP contribution in [0.5, 0.6) is 0 Å². The van der Waals surface area contributed by atoms with Crippen LogP contribution >= 0.6 is 0 Å². The number of nitrogens with zero attached hydrogens (tertiary/aromatic N) is 1. The first-order valence-corrected chi connectivity index (χ1v) is 11.1. The van der Waals surface area contributed by atoms with Crippen LogP contribution in [0.3, 0.4) is 0 Å². The summed E-state index contributed by atoms with van der Waals surface area (Å²) in [7, 11) is 0. The summed E-state index contributed by atoms with van der Waals surface area (Å²) in [5, 5.41) is 13.6. The van der Waals surface area contributed by atoms with Crippen molar-refractivity contribution in [2.24, 2.45) is 23.7 Å². The van der Waals surface area contributed by atoms with E-state index in [9.17, 15) is 14.7 Å². The van der Waals surface area contributed by atoms with E-state index >= 15 is 0 Å². The maximum Gasteiger partial charge on any atom is 0.243 e. The molecule has 5 heteroatoms. The molecule has 1 heterocycles. The molecule has 0 spiro atoms. The molecular weight excluding hydrogens is 364 g/mol. The summed E-state index contributed by atoms with van der Waals surface area (Å²) in [4.78, 5) is 26.0. The lowest BCUT2D eigenvalue weighted by Crippen LogP contribution is -2.61. The van der Waals surface area contributed by atoms with E-state index in [4.69, 9.17) is 0 Å². The summed E-state index contributed by atoms with van der Waals surface area (Å²) in [6.45, 7) is 17.3. The minimum absolute atomic E-state index is 0.0202. The number of hydrogen-bond donors (Lipinski definition) is 2. The van der Waals surface area contributed by atoms with Gasteiger partial charge in [-0.25, -0.2) is 0 Å². The number of hydrogen-bond acceptors (Lipinski definition) is 4. The van der Waals surface area contributed by atoms with Crippen LogP contribution in [0.4, 0.5) is 0 Å². The highest BCUT2D eigenvalue weighted by Crippen LogP contribution is 2.47. The third-order valence-corrected chi connectivity index (χ3v) is 7.28. The monoisotopic (exact) mass is 404 g/mol. The maximum absolute atomic E-state index is 11.8. The summed E-state index contributed by atoms with van der Waals surface area (Å²) >= 11 is 0. The van der Waals surface area contributed by atoms with Gasteiger partial charge in [0.05, 0.1) is 5.60 Å². The van der Waals surface area contributed by atoms with Crippen LogP contribution in [0, 0.1) is 23.7 Å². The average molecular weight is 405 g/mol. The average Bonchev–Trinajstić information content (AvgIpc) is 2.66. The quantitative estimate of drug-likeness (QED) is 0.548. The Morgan fingerprint density at radius 3 is 2.31 bits per heavy atom. The smallest absolute Gasteiger partial charge is 0.243 e. The summed E-state index contributed by atoms with van der Waals surface area (Å²) in [5.41, 5.74) is -0.818. The van der Waals surface area contributed by atoms with Crippen molar-refractivity contribution < 1.29 is 14.7 Å². The molecule has 1 saturated carbocycles. The van der Waals surface area contributed by atoms with Crippen molar-refractivity contribution in [1.82, 2.24) is 10.2 Å². The van der Waals surface area contributed by atoms with Crippen LogP contribution in [-0.4, -0.2) is 52.5 Å². The predicted octanol–water partition coefficient (Wildman–Crippen LogP) is 3.34. The third kappa shape index (κ3) is 6.02. The molecule has 2 N–H and O–H groups in total. The molecule has 1 aliphatic heterocycles. The highest BCUT2D eigenvalue weighted by Gasteiger charge is 2.50. The first kappa shape index (κ1) is 23.8. The molecule has 5 nitrogen and oxygen atoms in total. The van der Waals surface area contributed by atoms with Crippen LogP contribution in [0.1, 0.15) is 59.8 Å². The first-order valence-electron chi connectivity index (χ1n) is 11.1. The standard InChI is InChI=1S/C24H40N2O3/c1-7-21(27)18-11-13-26(14-12-18)17(4)10-9-16(3)19-15-20(25-22(28)8-2)23(19)24(5,6)29/h7-8,16-20,23,29H,1-2,9-15H2,3-6H3,(H,25,28). The van der Waals surface area contributed by atoms with Gasteiger partial charge in [0.15, 0.2) is 5.78 Å². The van der Waals surface area contributed by atoms with E-state index in [-0.39, 0.29) is 29.6 Å². The van der Waals surface area contributed by atoms with Gasteiger partial charge in [-0.1, -0.05) is 20.1 Å². The lowest BCUT2D eigenvalue weighted by atomic mass is 9.57. The largest absolute Gasteiger partial charge is 0.390 e. The highest BCUT2D eigenvalue weighted by atomic mass is 16.3. The van der Waals surface area contributed by atoms with Crippen molar-refractivity contribution in [1.29, 1.82) is 0 Å². The molecule has 1 amide bonds. The van der Waals surface area contributed by atoms with Crippen LogP contribution < -0.4 is 5.32 Å². The van der Waals surface area contributed by atoms with Gasteiger partial charge in [0.1, 0.15) is 0 Å². The maximum atomic E-state index is 11.8. The molecule has 29 heavy (non-hydrogen) atoms. The normalized spacial score (nSPS) is 28.1.